The quantitative estimate of drug-likeness (QED) is 0.447. The van der Waals surface area contributed by atoms with Gasteiger partial charge in [0.15, 0.2) is 0 Å². The maximum Gasteiger partial charge on any atom is -0.00746 e. The molecule has 4 fully saturated rings. The maximum absolute atomic E-state index is 5.92. The Morgan fingerprint density at radius 1 is 0.833 bits per heavy atom. The van der Waals surface area contributed by atoms with Gasteiger partial charge in [-0.3, -0.25) is 0 Å². The van der Waals surface area contributed by atoms with E-state index < -0.39 is 0 Å². The van der Waals surface area contributed by atoms with Crippen molar-refractivity contribution in [3.63, 3.8) is 0 Å². The standard InChI is InChI=1S/C29H53N/c1-20(2)7-6-8-21(3)25-11-12-26-24-10-9-23-19-22(15-18-30)13-16-28(23,4)27(24)14-17-29(25,26)5/h20-27H,6-19,30H2,1-5H3/t21-,22?,23?,24?,25-,26?,27?,28+,29-/m1/s1. The van der Waals surface area contributed by atoms with Crippen LogP contribution in [-0.4, -0.2) is 6.54 Å². The molecule has 2 N–H and O–H groups in total. The van der Waals surface area contributed by atoms with E-state index in [0.29, 0.717) is 10.8 Å². The Bertz CT molecular complexity index is 569. The Morgan fingerprint density at radius 2 is 1.57 bits per heavy atom. The molecule has 4 aliphatic carbocycles. The third-order valence-corrected chi connectivity index (χ3v) is 11.6. The van der Waals surface area contributed by atoms with Gasteiger partial charge in [0.2, 0.25) is 0 Å². The number of fused-ring (bicyclic) bond motifs is 5. The average Bonchev–Trinajstić information content (AvgIpc) is 3.05. The van der Waals surface area contributed by atoms with E-state index in [9.17, 15) is 0 Å². The summed E-state index contributed by atoms with van der Waals surface area (Å²) in [6, 6.07) is 0. The highest BCUT2D eigenvalue weighted by Gasteiger charge is 2.60. The van der Waals surface area contributed by atoms with Gasteiger partial charge in [0, 0.05) is 0 Å². The lowest BCUT2D eigenvalue weighted by Gasteiger charge is -2.61. The Hall–Kier alpha value is -0.0400. The van der Waals surface area contributed by atoms with Crippen molar-refractivity contribution in [1.29, 1.82) is 0 Å². The Kier molecular flexibility index (Phi) is 6.99. The lowest BCUT2D eigenvalue weighted by Crippen LogP contribution is -2.53. The van der Waals surface area contributed by atoms with Crippen molar-refractivity contribution in [3.05, 3.63) is 0 Å². The fraction of sp³-hybridized carbons (Fsp3) is 1.00. The topological polar surface area (TPSA) is 26.0 Å². The van der Waals surface area contributed by atoms with E-state index in [0.717, 1.165) is 53.9 Å². The normalized spacial score (nSPS) is 46.9. The third-order valence-electron chi connectivity index (χ3n) is 11.6. The first-order valence-electron chi connectivity index (χ1n) is 14.0. The van der Waals surface area contributed by atoms with Crippen LogP contribution in [0.3, 0.4) is 0 Å². The maximum atomic E-state index is 5.92. The smallest absolute Gasteiger partial charge is 0.00746 e. The van der Waals surface area contributed by atoms with Crippen LogP contribution in [0, 0.1) is 58.2 Å². The molecule has 1 nitrogen and oxygen atoms in total. The molecule has 0 radical (unpaired) electrons. The van der Waals surface area contributed by atoms with Crippen molar-refractivity contribution in [3.8, 4) is 0 Å². The zero-order valence-corrected chi connectivity index (χ0v) is 21.1. The number of nitrogens with two attached hydrogens (primary N) is 1. The highest BCUT2D eigenvalue weighted by molar-refractivity contribution is 5.09. The van der Waals surface area contributed by atoms with Gasteiger partial charge in [-0.15, -0.1) is 0 Å². The summed E-state index contributed by atoms with van der Waals surface area (Å²) in [4.78, 5) is 0. The van der Waals surface area contributed by atoms with Gasteiger partial charge in [0.25, 0.3) is 0 Å². The highest BCUT2D eigenvalue weighted by Crippen LogP contribution is 2.68. The molecule has 0 saturated heterocycles. The Morgan fingerprint density at radius 3 is 2.30 bits per heavy atom. The molecule has 4 aliphatic rings. The van der Waals surface area contributed by atoms with Crippen LogP contribution in [0.5, 0.6) is 0 Å². The van der Waals surface area contributed by atoms with E-state index in [1.807, 2.05) is 0 Å². The van der Waals surface area contributed by atoms with Gasteiger partial charge in [0.05, 0.1) is 0 Å². The van der Waals surface area contributed by atoms with Crippen LogP contribution < -0.4 is 5.73 Å². The lowest BCUT2D eigenvalue weighted by molar-refractivity contribution is -0.121. The van der Waals surface area contributed by atoms with Gasteiger partial charge in [-0.1, -0.05) is 53.9 Å². The summed E-state index contributed by atoms with van der Waals surface area (Å²) in [5, 5.41) is 0. The molecule has 0 aromatic rings. The molecule has 0 aromatic heterocycles. The molecule has 0 aromatic carbocycles. The van der Waals surface area contributed by atoms with Crippen molar-refractivity contribution >= 4 is 0 Å². The molecule has 5 unspecified atom stereocenters. The number of hydrogen-bond donors (Lipinski definition) is 1. The molecule has 1 heteroatoms. The van der Waals surface area contributed by atoms with E-state index in [2.05, 4.69) is 34.6 Å². The van der Waals surface area contributed by atoms with Gasteiger partial charge in [-0.05, 0) is 129 Å². The fourth-order valence-electron chi connectivity index (χ4n) is 9.87. The van der Waals surface area contributed by atoms with E-state index in [-0.39, 0.29) is 0 Å². The molecular weight excluding hydrogens is 362 g/mol. The van der Waals surface area contributed by atoms with Gasteiger partial charge in [0.1, 0.15) is 0 Å². The first-order valence-corrected chi connectivity index (χ1v) is 14.0. The Balaban J connectivity index is 1.43. The largest absolute Gasteiger partial charge is 0.330 e. The molecular formula is C29H53N. The van der Waals surface area contributed by atoms with Gasteiger partial charge >= 0.3 is 0 Å². The summed E-state index contributed by atoms with van der Waals surface area (Å²) < 4.78 is 0. The molecule has 4 rings (SSSR count). The second kappa shape index (κ2) is 9.07. The van der Waals surface area contributed by atoms with Crippen LogP contribution in [0.4, 0.5) is 0 Å². The van der Waals surface area contributed by atoms with E-state index in [1.54, 1.807) is 19.3 Å². The SMILES string of the molecule is CC(C)CCC[C@@H](C)[C@H]1CCC2C3CCC4CC(CCN)CC[C@]4(C)C3CC[C@@]21C. The minimum absolute atomic E-state index is 0.649. The monoisotopic (exact) mass is 415 g/mol. The van der Waals surface area contributed by atoms with Crippen molar-refractivity contribution in [2.24, 2.45) is 63.9 Å². The molecule has 4 saturated carbocycles. The van der Waals surface area contributed by atoms with Crippen LogP contribution in [0.1, 0.15) is 118 Å². The first kappa shape index (κ1) is 23.1. The second-order valence-corrected chi connectivity index (χ2v) is 13.4. The van der Waals surface area contributed by atoms with Crippen molar-refractivity contribution in [1.82, 2.24) is 0 Å². The zero-order chi connectivity index (χ0) is 21.5. The molecule has 0 amide bonds. The summed E-state index contributed by atoms with van der Waals surface area (Å²) in [5.74, 6) is 7.85. The van der Waals surface area contributed by atoms with Crippen LogP contribution in [-0.2, 0) is 0 Å². The predicted octanol–water partition coefficient (Wildman–Crippen LogP) is 8.07. The number of rotatable bonds is 7. The summed E-state index contributed by atoms with van der Waals surface area (Å²) in [7, 11) is 0. The van der Waals surface area contributed by atoms with Crippen molar-refractivity contribution in [2.45, 2.75) is 118 Å². The summed E-state index contributed by atoms with van der Waals surface area (Å²) in [5.41, 5.74) is 7.22. The molecule has 9 atom stereocenters. The van der Waals surface area contributed by atoms with E-state index in [1.165, 1.54) is 64.2 Å². The predicted molar refractivity (Wildman–Crippen MR) is 130 cm³/mol. The van der Waals surface area contributed by atoms with Crippen molar-refractivity contribution < 1.29 is 0 Å². The van der Waals surface area contributed by atoms with Crippen LogP contribution in [0.2, 0.25) is 0 Å². The molecule has 0 spiro atoms. The van der Waals surface area contributed by atoms with Crippen LogP contribution in [0.15, 0.2) is 0 Å². The summed E-state index contributed by atoms with van der Waals surface area (Å²) in [6.07, 6.45) is 19.3. The van der Waals surface area contributed by atoms with Gasteiger partial charge in [-0.2, -0.15) is 0 Å². The van der Waals surface area contributed by atoms with Crippen molar-refractivity contribution in [2.75, 3.05) is 6.54 Å². The highest BCUT2D eigenvalue weighted by atomic mass is 14.7. The van der Waals surface area contributed by atoms with E-state index >= 15 is 0 Å². The minimum Gasteiger partial charge on any atom is -0.330 e. The summed E-state index contributed by atoms with van der Waals surface area (Å²) in [6.45, 7) is 13.8. The first-order chi connectivity index (χ1) is 14.3. The van der Waals surface area contributed by atoms with Crippen LogP contribution in [0.25, 0.3) is 0 Å². The molecule has 174 valence electrons. The number of hydrogen-bond acceptors (Lipinski definition) is 1. The third kappa shape index (κ3) is 4.04. The molecule has 30 heavy (non-hydrogen) atoms. The summed E-state index contributed by atoms with van der Waals surface area (Å²) >= 11 is 0. The van der Waals surface area contributed by atoms with Crippen LogP contribution >= 0.6 is 0 Å². The lowest BCUT2D eigenvalue weighted by atomic mass is 9.44. The zero-order valence-electron chi connectivity index (χ0n) is 21.1. The minimum atomic E-state index is 0.649. The van der Waals surface area contributed by atoms with Gasteiger partial charge in [-0.25, -0.2) is 0 Å². The second-order valence-electron chi connectivity index (χ2n) is 13.4. The van der Waals surface area contributed by atoms with E-state index in [4.69, 9.17) is 5.73 Å². The average molecular weight is 416 g/mol. The molecule has 0 heterocycles. The Labute approximate surface area is 188 Å². The molecule has 0 bridgehead atoms. The molecule has 0 aliphatic heterocycles. The fourth-order valence-corrected chi connectivity index (χ4v) is 9.87. The van der Waals surface area contributed by atoms with Gasteiger partial charge < -0.3 is 5.73 Å².